The lowest BCUT2D eigenvalue weighted by molar-refractivity contribution is -0.110. The average molecular weight is 260 g/mol. The number of aryl methyl sites for hydroxylation is 1. The van der Waals surface area contributed by atoms with Crippen LogP contribution in [0.3, 0.4) is 0 Å². The van der Waals surface area contributed by atoms with Gasteiger partial charge in [-0.2, -0.15) is 0 Å². The zero-order valence-corrected chi connectivity index (χ0v) is 10.4. The van der Waals surface area contributed by atoms with Crippen LogP contribution >= 0.6 is 11.6 Å². The zero-order chi connectivity index (χ0) is 12.7. The molecule has 1 aromatic carbocycles. The van der Waals surface area contributed by atoms with Crippen molar-refractivity contribution < 1.29 is 4.79 Å². The SMILES string of the molecule is Cc1ncc(C=C2C(=O)Nc3ccc(Cl)cc32)[nH]1. The maximum Gasteiger partial charge on any atom is 0.256 e. The van der Waals surface area contributed by atoms with Gasteiger partial charge in [0.2, 0.25) is 0 Å². The first-order chi connectivity index (χ1) is 8.63. The lowest BCUT2D eigenvalue weighted by Crippen LogP contribution is -2.03. The van der Waals surface area contributed by atoms with E-state index in [0.29, 0.717) is 10.6 Å². The van der Waals surface area contributed by atoms with Gasteiger partial charge in [0.25, 0.3) is 5.91 Å². The molecule has 3 rings (SSSR count). The molecule has 0 radical (unpaired) electrons. The maximum atomic E-state index is 11.9. The van der Waals surface area contributed by atoms with Crippen LogP contribution in [0.2, 0.25) is 5.02 Å². The van der Waals surface area contributed by atoms with Crippen LogP contribution in [0, 0.1) is 6.92 Å². The number of anilines is 1. The van der Waals surface area contributed by atoms with E-state index in [1.807, 2.05) is 6.92 Å². The summed E-state index contributed by atoms with van der Waals surface area (Å²) >= 11 is 5.96. The van der Waals surface area contributed by atoms with Crippen LogP contribution in [0.4, 0.5) is 5.69 Å². The molecule has 0 saturated heterocycles. The molecule has 0 unspecified atom stereocenters. The second-order valence-electron chi connectivity index (χ2n) is 4.13. The summed E-state index contributed by atoms with van der Waals surface area (Å²) in [6.45, 7) is 1.86. The number of imidazole rings is 1. The van der Waals surface area contributed by atoms with Crippen molar-refractivity contribution in [2.24, 2.45) is 0 Å². The van der Waals surface area contributed by atoms with Gasteiger partial charge in [-0.1, -0.05) is 11.6 Å². The lowest BCUT2D eigenvalue weighted by atomic mass is 10.1. The van der Waals surface area contributed by atoms with Gasteiger partial charge < -0.3 is 10.3 Å². The van der Waals surface area contributed by atoms with E-state index in [4.69, 9.17) is 11.6 Å². The molecule has 0 fully saturated rings. The van der Waals surface area contributed by atoms with Crippen LogP contribution in [0.5, 0.6) is 0 Å². The zero-order valence-electron chi connectivity index (χ0n) is 9.62. The largest absolute Gasteiger partial charge is 0.343 e. The van der Waals surface area contributed by atoms with E-state index in [-0.39, 0.29) is 5.91 Å². The molecule has 5 heteroatoms. The van der Waals surface area contributed by atoms with Crippen LogP contribution in [-0.4, -0.2) is 15.9 Å². The predicted octanol–water partition coefficient (Wildman–Crippen LogP) is 2.86. The number of H-pyrrole nitrogens is 1. The Morgan fingerprint density at radius 1 is 1.39 bits per heavy atom. The van der Waals surface area contributed by atoms with Crippen molar-refractivity contribution in [2.45, 2.75) is 6.92 Å². The molecule has 2 heterocycles. The van der Waals surface area contributed by atoms with Gasteiger partial charge in [0.05, 0.1) is 17.5 Å². The van der Waals surface area contributed by atoms with Crippen molar-refractivity contribution in [3.05, 3.63) is 46.5 Å². The number of nitrogens with zero attached hydrogens (tertiary/aromatic N) is 1. The second-order valence-corrected chi connectivity index (χ2v) is 4.56. The first-order valence-electron chi connectivity index (χ1n) is 5.48. The summed E-state index contributed by atoms with van der Waals surface area (Å²) in [5.74, 6) is 0.686. The first-order valence-corrected chi connectivity index (χ1v) is 5.86. The molecule has 4 nitrogen and oxygen atoms in total. The third kappa shape index (κ3) is 1.80. The van der Waals surface area contributed by atoms with E-state index in [2.05, 4.69) is 15.3 Å². The van der Waals surface area contributed by atoms with Gasteiger partial charge in [0.1, 0.15) is 5.82 Å². The van der Waals surface area contributed by atoms with Crippen molar-refractivity contribution in [1.82, 2.24) is 9.97 Å². The standard InChI is InChI=1S/C13H10ClN3O/c1-7-15-6-9(16-7)5-11-10-4-8(14)2-3-12(10)17-13(11)18/h2-6H,1H3,(H,15,16)(H,17,18). The van der Waals surface area contributed by atoms with E-state index in [9.17, 15) is 4.79 Å². The number of rotatable bonds is 1. The fraction of sp³-hybridized carbons (Fsp3) is 0.0769. The fourth-order valence-corrected chi connectivity index (χ4v) is 2.14. The molecular formula is C13H10ClN3O. The number of carbonyl (C=O) groups excluding carboxylic acids is 1. The molecule has 2 N–H and O–H groups in total. The van der Waals surface area contributed by atoms with Gasteiger partial charge in [-0.3, -0.25) is 4.79 Å². The molecule has 0 aliphatic carbocycles. The van der Waals surface area contributed by atoms with Crippen molar-refractivity contribution in [1.29, 1.82) is 0 Å². The van der Waals surface area contributed by atoms with Crippen LogP contribution in [-0.2, 0) is 4.79 Å². The number of hydrogen-bond acceptors (Lipinski definition) is 2. The number of nitrogens with one attached hydrogen (secondary N) is 2. The molecule has 18 heavy (non-hydrogen) atoms. The number of benzene rings is 1. The van der Waals surface area contributed by atoms with Crippen molar-refractivity contribution >= 4 is 34.8 Å². The number of carbonyl (C=O) groups is 1. The van der Waals surface area contributed by atoms with E-state index in [0.717, 1.165) is 22.8 Å². The highest BCUT2D eigenvalue weighted by Crippen LogP contribution is 2.34. The normalized spacial score (nSPS) is 15.9. The molecule has 0 bridgehead atoms. The molecule has 0 spiro atoms. The number of halogens is 1. The average Bonchev–Trinajstić information content (AvgIpc) is 2.86. The van der Waals surface area contributed by atoms with Crippen LogP contribution in [0.1, 0.15) is 17.1 Å². The van der Waals surface area contributed by atoms with Crippen LogP contribution < -0.4 is 5.32 Å². The Hall–Kier alpha value is -2.07. The monoisotopic (exact) mass is 259 g/mol. The third-order valence-corrected chi connectivity index (χ3v) is 3.02. The molecular weight excluding hydrogens is 250 g/mol. The molecule has 0 saturated carbocycles. The first kappa shape index (κ1) is 11.0. The topological polar surface area (TPSA) is 57.8 Å². The van der Waals surface area contributed by atoms with Crippen molar-refractivity contribution in [3.8, 4) is 0 Å². The Morgan fingerprint density at radius 3 is 2.94 bits per heavy atom. The fourth-order valence-electron chi connectivity index (χ4n) is 1.97. The number of aromatic amines is 1. The molecule has 90 valence electrons. The quantitative estimate of drug-likeness (QED) is 0.774. The summed E-state index contributed by atoms with van der Waals surface area (Å²) < 4.78 is 0. The minimum absolute atomic E-state index is 0.125. The maximum absolute atomic E-state index is 11.9. The number of amides is 1. The van der Waals surface area contributed by atoms with E-state index >= 15 is 0 Å². The highest BCUT2D eigenvalue weighted by atomic mass is 35.5. The van der Waals surface area contributed by atoms with Gasteiger partial charge in [0, 0.05) is 16.3 Å². The summed E-state index contributed by atoms with van der Waals surface area (Å²) in [6, 6.07) is 5.34. The van der Waals surface area contributed by atoms with E-state index in [1.54, 1.807) is 30.5 Å². The van der Waals surface area contributed by atoms with Gasteiger partial charge >= 0.3 is 0 Å². The Bertz CT molecular complexity index is 673. The minimum Gasteiger partial charge on any atom is -0.343 e. The summed E-state index contributed by atoms with van der Waals surface area (Å²) in [7, 11) is 0. The van der Waals surface area contributed by atoms with E-state index in [1.165, 1.54) is 0 Å². The highest BCUT2D eigenvalue weighted by molar-refractivity contribution is 6.36. The van der Waals surface area contributed by atoms with E-state index < -0.39 is 0 Å². The summed E-state index contributed by atoms with van der Waals surface area (Å²) in [5, 5.41) is 3.41. The number of aromatic nitrogens is 2. The molecule has 1 aliphatic rings. The Labute approximate surface area is 109 Å². The predicted molar refractivity (Wildman–Crippen MR) is 71.3 cm³/mol. The van der Waals surface area contributed by atoms with Crippen LogP contribution in [0.15, 0.2) is 24.4 Å². The van der Waals surface area contributed by atoms with Gasteiger partial charge in [-0.05, 0) is 31.2 Å². The van der Waals surface area contributed by atoms with Gasteiger partial charge in [0.15, 0.2) is 0 Å². The lowest BCUT2D eigenvalue weighted by Gasteiger charge is -1.98. The molecule has 0 atom stereocenters. The molecule has 1 aliphatic heterocycles. The molecule has 1 aromatic heterocycles. The summed E-state index contributed by atoms with van der Waals surface area (Å²) in [5.41, 5.74) is 2.99. The van der Waals surface area contributed by atoms with Gasteiger partial charge in [-0.15, -0.1) is 0 Å². The molecule has 1 amide bonds. The summed E-state index contributed by atoms with van der Waals surface area (Å²) in [6.07, 6.45) is 3.47. The van der Waals surface area contributed by atoms with Crippen molar-refractivity contribution in [3.63, 3.8) is 0 Å². The minimum atomic E-state index is -0.125. The van der Waals surface area contributed by atoms with Crippen LogP contribution in [0.25, 0.3) is 11.6 Å². The Balaban J connectivity index is 2.11. The molecule has 2 aromatic rings. The smallest absolute Gasteiger partial charge is 0.256 e. The van der Waals surface area contributed by atoms with Crippen molar-refractivity contribution in [2.75, 3.05) is 5.32 Å². The third-order valence-electron chi connectivity index (χ3n) is 2.79. The Kier molecular flexibility index (Phi) is 2.45. The second kappa shape index (κ2) is 3.99. The summed E-state index contributed by atoms with van der Waals surface area (Å²) in [4.78, 5) is 19.1. The Morgan fingerprint density at radius 2 is 2.22 bits per heavy atom. The number of hydrogen-bond donors (Lipinski definition) is 2. The van der Waals surface area contributed by atoms with Gasteiger partial charge in [-0.25, -0.2) is 4.98 Å². The highest BCUT2D eigenvalue weighted by Gasteiger charge is 2.24. The number of fused-ring (bicyclic) bond motifs is 1.